The first-order valence-corrected chi connectivity index (χ1v) is 15.0. The second-order valence-corrected chi connectivity index (χ2v) is 12.1. The molecule has 0 bridgehead atoms. The fraction of sp³-hybridized carbons (Fsp3) is 0.576. The molecule has 2 aromatic rings. The van der Waals surface area contributed by atoms with Crippen molar-refractivity contribution in [2.24, 2.45) is 0 Å². The normalized spacial score (nSPS) is 17.2. The van der Waals surface area contributed by atoms with E-state index >= 15 is 0 Å². The van der Waals surface area contributed by atoms with Crippen LogP contribution in [0.25, 0.3) is 0 Å². The number of nitrogens with two attached hydrogens (primary N) is 1. The van der Waals surface area contributed by atoms with Gasteiger partial charge in [-0.2, -0.15) is 0 Å². The summed E-state index contributed by atoms with van der Waals surface area (Å²) in [5.41, 5.74) is 1.22. The number of alkyl carbamates (subject to hydrolysis) is 1. The van der Waals surface area contributed by atoms with Crippen LogP contribution in [-0.2, 0) is 22.6 Å². The molecule has 7 nitrogen and oxygen atoms in total. The third-order valence-electron chi connectivity index (χ3n) is 7.42. The molecule has 2 saturated carbocycles. The quantitative estimate of drug-likeness (QED) is 0.471. The molecule has 3 N–H and O–H groups in total. The van der Waals surface area contributed by atoms with Gasteiger partial charge in [0, 0.05) is 0 Å². The zero-order valence-electron chi connectivity index (χ0n) is 24.5. The summed E-state index contributed by atoms with van der Waals surface area (Å²) >= 11 is 0. The molecule has 0 unspecified atom stereocenters. The van der Waals surface area contributed by atoms with E-state index in [1.54, 1.807) is 24.3 Å². The van der Waals surface area contributed by atoms with Gasteiger partial charge < -0.3 is 30.0 Å². The van der Waals surface area contributed by atoms with Gasteiger partial charge in [0.25, 0.3) is 0 Å². The lowest BCUT2D eigenvalue weighted by molar-refractivity contribution is -0.725. The van der Waals surface area contributed by atoms with Crippen LogP contribution >= 0.6 is 0 Å². The van der Waals surface area contributed by atoms with Crippen molar-refractivity contribution in [1.82, 2.24) is 5.32 Å². The largest absolute Gasteiger partial charge is 0.548 e. The minimum atomic E-state index is -1.37. The average molecular weight is 553 g/mol. The molecule has 1 amide bonds. The van der Waals surface area contributed by atoms with Crippen LogP contribution in [0.2, 0.25) is 0 Å². The van der Waals surface area contributed by atoms with Crippen LogP contribution in [0.5, 0.6) is 5.75 Å². The number of hydrogen-bond acceptors (Lipinski definition) is 5. The van der Waals surface area contributed by atoms with Crippen LogP contribution < -0.4 is 20.5 Å². The van der Waals surface area contributed by atoms with Crippen LogP contribution in [0.15, 0.2) is 54.6 Å². The molecule has 1 atom stereocenters. The van der Waals surface area contributed by atoms with Crippen molar-refractivity contribution in [2.45, 2.75) is 122 Å². The van der Waals surface area contributed by atoms with Gasteiger partial charge in [0.15, 0.2) is 0 Å². The van der Waals surface area contributed by atoms with Gasteiger partial charge in [-0.1, -0.05) is 55.3 Å². The highest BCUT2D eigenvalue weighted by atomic mass is 16.5. The van der Waals surface area contributed by atoms with Crippen molar-refractivity contribution in [3.63, 3.8) is 0 Å². The SMILES string of the molecule is C1CCC([NH2+]C2CCCCC2)CC1.CC(C)(C)Oc1ccc(C[C@H](NC(=O)OCc2ccccc2)C(=O)[O-])cc1. The minimum absolute atomic E-state index is 0.0608. The summed E-state index contributed by atoms with van der Waals surface area (Å²) in [4.78, 5) is 23.2. The molecule has 0 heterocycles. The summed E-state index contributed by atoms with van der Waals surface area (Å²) in [6.45, 7) is 5.89. The monoisotopic (exact) mass is 552 g/mol. The first-order chi connectivity index (χ1) is 19.2. The van der Waals surface area contributed by atoms with E-state index in [9.17, 15) is 14.7 Å². The summed E-state index contributed by atoms with van der Waals surface area (Å²) in [7, 11) is 0. The van der Waals surface area contributed by atoms with Crippen LogP contribution in [0.3, 0.4) is 0 Å². The Hall–Kier alpha value is -3.06. The first-order valence-electron chi connectivity index (χ1n) is 15.0. The number of benzene rings is 2. The fourth-order valence-electron chi connectivity index (χ4n) is 5.42. The highest BCUT2D eigenvalue weighted by Gasteiger charge is 2.23. The van der Waals surface area contributed by atoms with Gasteiger partial charge in [-0.05, 0) is 102 Å². The van der Waals surface area contributed by atoms with Gasteiger partial charge >= 0.3 is 6.09 Å². The van der Waals surface area contributed by atoms with Crippen molar-refractivity contribution < 1.29 is 29.5 Å². The second kappa shape index (κ2) is 16.3. The minimum Gasteiger partial charge on any atom is -0.548 e. The number of aliphatic carboxylic acids is 1. The Balaban J connectivity index is 0.000000281. The van der Waals surface area contributed by atoms with Crippen LogP contribution in [0.4, 0.5) is 4.79 Å². The number of rotatable bonds is 9. The van der Waals surface area contributed by atoms with E-state index in [1.165, 1.54) is 64.2 Å². The summed E-state index contributed by atoms with van der Waals surface area (Å²) < 4.78 is 10.8. The van der Waals surface area contributed by atoms with Crippen molar-refractivity contribution >= 4 is 12.1 Å². The molecule has 2 aromatic carbocycles. The van der Waals surface area contributed by atoms with E-state index in [1.807, 2.05) is 51.1 Å². The predicted molar refractivity (Wildman–Crippen MR) is 155 cm³/mol. The third kappa shape index (κ3) is 12.4. The van der Waals surface area contributed by atoms with Crippen molar-refractivity contribution in [3.8, 4) is 5.75 Å². The molecule has 40 heavy (non-hydrogen) atoms. The van der Waals surface area contributed by atoms with E-state index < -0.39 is 18.1 Å². The zero-order valence-corrected chi connectivity index (χ0v) is 24.5. The molecule has 0 aliphatic heterocycles. The van der Waals surface area contributed by atoms with Gasteiger partial charge in [0.1, 0.15) is 18.0 Å². The maximum absolute atomic E-state index is 11.9. The van der Waals surface area contributed by atoms with Gasteiger partial charge in [0.05, 0.1) is 24.1 Å². The number of hydrogen-bond donors (Lipinski definition) is 2. The lowest BCUT2D eigenvalue weighted by atomic mass is 9.91. The van der Waals surface area contributed by atoms with Crippen molar-refractivity contribution in [2.75, 3.05) is 0 Å². The Kier molecular flexibility index (Phi) is 12.8. The smallest absolute Gasteiger partial charge is 0.408 e. The Bertz CT molecular complexity index is 991. The summed E-state index contributed by atoms with van der Waals surface area (Å²) in [6.07, 6.45) is 14.2. The van der Waals surface area contributed by atoms with Crippen LogP contribution in [0, 0.1) is 0 Å². The fourth-order valence-corrected chi connectivity index (χ4v) is 5.42. The number of quaternary nitrogens is 1. The zero-order chi connectivity index (χ0) is 28.8. The number of carbonyl (C=O) groups excluding carboxylic acids is 2. The lowest BCUT2D eigenvalue weighted by Gasteiger charge is -2.27. The molecule has 4 rings (SSSR count). The molecular formula is C33H48N2O5. The lowest BCUT2D eigenvalue weighted by Crippen LogP contribution is -2.95. The number of nitrogens with one attached hydrogen (secondary N) is 1. The molecular weight excluding hydrogens is 504 g/mol. The van der Waals surface area contributed by atoms with E-state index in [0.29, 0.717) is 5.75 Å². The predicted octanol–water partition coefficient (Wildman–Crippen LogP) is 4.67. The average Bonchev–Trinajstić information content (AvgIpc) is 2.94. The molecule has 7 heteroatoms. The van der Waals surface area contributed by atoms with Gasteiger partial charge in [-0.25, -0.2) is 4.79 Å². The Morgan fingerprint density at radius 3 is 1.90 bits per heavy atom. The highest BCUT2D eigenvalue weighted by molar-refractivity contribution is 5.78. The summed E-state index contributed by atoms with van der Waals surface area (Å²) in [5.74, 6) is -0.687. The van der Waals surface area contributed by atoms with E-state index in [4.69, 9.17) is 9.47 Å². The molecule has 0 radical (unpaired) electrons. The summed E-state index contributed by atoms with van der Waals surface area (Å²) in [5, 5.41) is 16.4. The molecule has 2 aliphatic carbocycles. The number of ether oxygens (including phenoxy) is 2. The highest BCUT2D eigenvalue weighted by Crippen LogP contribution is 2.20. The maximum Gasteiger partial charge on any atom is 0.408 e. The number of amides is 1. The molecule has 0 aromatic heterocycles. The summed E-state index contributed by atoms with van der Waals surface area (Å²) in [6, 6.07) is 17.0. The standard InChI is InChI=1S/C21H25NO5.C12H23N/c1-21(2,3)27-17-11-9-15(10-12-17)13-18(19(23)24)22-20(25)26-14-16-7-5-4-6-8-16;1-3-7-11(8-4-1)13-12-9-5-2-6-10-12/h4-12,18H,13-14H2,1-3H3,(H,22,25)(H,23,24);11-13H,1-10H2/t18-;/m0./s1. The second-order valence-electron chi connectivity index (χ2n) is 12.1. The molecule has 2 fully saturated rings. The van der Waals surface area contributed by atoms with Crippen molar-refractivity contribution in [3.05, 3.63) is 65.7 Å². The van der Waals surface area contributed by atoms with E-state index in [0.717, 1.165) is 23.2 Å². The van der Waals surface area contributed by atoms with Crippen molar-refractivity contribution in [1.29, 1.82) is 0 Å². The number of carbonyl (C=O) groups is 2. The van der Waals surface area contributed by atoms with Crippen LogP contribution in [-0.4, -0.2) is 35.8 Å². The number of carboxylic acids is 1. The Morgan fingerprint density at radius 1 is 0.850 bits per heavy atom. The van der Waals surface area contributed by atoms with Crippen LogP contribution in [0.1, 0.15) is 96.1 Å². The Labute approximate surface area is 240 Å². The van der Waals surface area contributed by atoms with Gasteiger partial charge in [0.2, 0.25) is 0 Å². The topological polar surface area (TPSA) is 104 Å². The van der Waals surface area contributed by atoms with E-state index in [2.05, 4.69) is 10.6 Å². The van der Waals surface area contributed by atoms with Gasteiger partial charge in [-0.15, -0.1) is 0 Å². The molecule has 0 saturated heterocycles. The molecule has 0 spiro atoms. The molecule has 220 valence electrons. The Morgan fingerprint density at radius 2 is 1.40 bits per heavy atom. The van der Waals surface area contributed by atoms with E-state index in [-0.39, 0.29) is 18.6 Å². The molecule has 2 aliphatic rings. The number of carboxylic acid groups (broad SMARTS) is 1. The maximum atomic E-state index is 11.9. The first kappa shape index (κ1) is 31.5. The van der Waals surface area contributed by atoms with Gasteiger partial charge in [-0.3, -0.25) is 0 Å². The third-order valence-corrected chi connectivity index (χ3v) is 7.42.